The molecule has 2 N–H and O–H groups in total. The molecule has 0 radical (unpaired) electrons. The van der Waals surface area contributed by atoms with Crippen molar-refractivity contribution in [3.05, 3.63) is 83.2 Å². The number of nitrogens with one attached hydrogen (secondary N) is 2. The summed E-state index contributed by atoms with van der Waals surface area (Å²) in [4.78, 5) is 26.7. The summed E-state index contributed by atoms with van der Waals surface area (Å²) in [5.74, 6) is 0.997. The average molecular weight is 481 g/mol. The largest absolute Gasteiger partial charge is 0.339 e. The molecule has 36 heavy (non-hydrogen) atoms. The van der Waals surface area contributed by atoms with Crippen LogP contribution in [0.4, 0.5) is 5.69 Å². The van der Waals surface area contributed by atoms with Crippen LogP contribution in [0.1, 0.15) is 78.1 Å². The van der Waals surface area contributed by atoms with Gasteiger partial charge < -0.3 is 10.3 Å². The Labute approximate surface area is 212 Å². The molecule has 2 aromatic heterocycles. The van der Waals surface area contributed by atoms with E-state index in [1.807, 2.05) is 30.5 Å². The average Bonchev–Trinajstić information content (AvgIpc) is 3.40. The first kappa shape index (κ1) is 24.0. The van der Waals surface area contributed by atoms with Gasteiger partial charge >= 0.3 is 0 Å². The van der Waals surface area contributed by atoms with Crippen molar-refractivity contribution >= 4 is 17.2 Å². The lowest BCUT2D eigenvalue weighted by Gasteiger charge is -2.32. The van der Waals surface area contributed by atoms with Gasteiger partial charge in [-0.05, 0) is 92.4 Å². The molecule has 1 saturated heterocycles. The summed E-state index contributed by atoms with van der Waals surface area (Å²) in [6, 6.07) is 14.5. The van der Waals surface area contributed by atoms with Crippen molar-refractivity contribution in [2.45, 2.75) is 51.5 Å². The van der Waals surface area contributed by atoms with E-state index < -0.39 is 0 Å². The van der Waals surface area contributed by atoms with E-state index in [1.54, 1.807) is 0 Å². The number of hydrogen-bond acceptors (Lipinski definition) is 5. The number of nitriles is 1. The zero-order chi connectivity index (χ0) is 24.9. The van der Waals surface area contributed by atoms with Gasteiger partial charge in [-0.1, -0.05) is 25.1 Å². The monoisotopic (exact) mass is 480 g/mol. The molecule has 3 aromatic rings. The Hall–Kier alpha value is -3.76. The molecule has 0 bridgehead atoms. The maximum absolute atomic E-state index is 12.9. The molecule has 0 unspecified atom stereocenters. The molecule has 184 valence electrons. The number of carbonyl (C=O) groups is 1. The lowest BCUT2D eigenvalue weighted by molar-refractivity contribution is 0.101. The summed E-state index contributed by atoms with van der Waals surface area (Å²) in [5, 5.41) is 12.1. The predicted molar refractivity (Wildman–Crippen MR) is 140 cm³/mol. The first-order valence-corrected chi connectivity index (χ1v) is 12.8. The van der Waals surface area contributed by atoms with E-state index in [2.05, 4.69) is 56.4 Å². The summed E-state index contributed by atoms with van der Waals surface area (Å²) < 4.78 is 0. The lowest BCUT2D eigenvalue weighted by atomic mass is 9.83. The van der Waals surface area contributed by atoms with E-state index in [-0.39, 0.29) is 17.4 Å². The zero-order valence-electron chi connectivity index (χ0n) is 20.7. The second-order valence-electron chi connectivity index (χ2n) is 9.99. The summed E-state index contributed by atoms with van der Waals surface area (Å²) in [7, 11) is 0. The highest BCUT2D eigenvalue weighted by Gasteiger charge is 2.24. The number of amides is 1. The molecule has 0 saturated carbocycles. The molecular weight excluding hydrogens is 448 g/mol. The number of piperidine rings is 1. The molecule has 1 atom stereocenters. The number of benzene rings is 1. The van der Waals surface area contributed by atoms with Crippen LogP contribution in [0.25, 0.3) is 5.57 Å². The van der Waals surface area contributed by atoms with Gasteiger partial charge in [-0.3, -0.25) is 14.7 Å². The van der Waals surface area contributed by atoms with Crippen LogP contribution >= 0.6 is 0 Å². The highest BCUT2D eigenvalue weighted by Crippen LogP contribution is 2.37. The van der Waals surface area contributed by atoms with Crippen molar-refractivity contribution in [2.24, 2.45) is 5.92 Å². The zero-order valence-corrected chi connectivity index (χ0v) is 20.7. The molecule has 1 fully saturated rings. The molecular formula is C29H32N6O. The third-order valence-electron chi connectivity index (χ3n) is 7.39. The maximum Gasteiger partial charge on any atom is 0.291 e. The number of nitrogens with zero attached hydrogens (tertiary/aromatic N) is 4. The van der Waals surface area contributed by atoms with Crippen LogP contribution in [0.15, 0.2) is 54.9 Å². The Balaban J connectivity index is 1.33. The third-order valence-corrected chi connectivity index (χ3v) is 7.39. The fourth-order valence-electron chi connectivity index (χ4n) is 5.22. The minimum atomic E-state index is -0.335. The van der Waals surface area contributed by atoms with Crippen molar-refractivity contribution in [2.75, 3.05) is 18.4 Å². The van der Waals surface area contributed by atoms with Crippen LogP contribution < -0.4 is 5.32 Å². The number of aromatic amines is 1. The maximum atomic E-state index is 12.9. The van der Waals surface area contributed by atoms with Crippen LogP contribution in [0.2, 0.25) is 0 Å². The van der Waals surface area contributed by atoms with Crippen molar-refractivity contribution in [3.8, 4) is 6.07 Å². The SMILES string of the molecule is C[C@@H]1CC=C(c2cc(C3CCN(Cc4ccccn4)CC3)ccc2NC(=O)c2nc(C#N)c[nH]2)CC1. The van der Waals surface area contributed by atoms with Crippen molar-refractivity contribution < 1.29 is 4.79 Å². The van der Waals surface area contributed by atoms with Gasteiger partial charge in [0, 0.05) is 30.2 Å². The van der Waals surface area contributed by atoms with E-state index in [9.17, 15) is 4.79 Å². The van der Waals surface area contributed by atoms with E-state index >= 15 is 0 Å². The van der Waals surface area contributed by atoms with Crippen LogP contribution in [-0.4, -0.2) is 38.8 Å². The van der Waals surface area contributed by atoms with Gasteiger partial charge in [-0.2, -0.15) is 5.26 Å². The number of rotatable bonds is 6. The number of allylic oxidation sites excluding steroid dienone is 2. The Morgan fingerprint density at radius 1 is 1.22 bits per heavy atom. The molecule has 0 spiro atoms. The van der Waals surface area contributed by atoms with E-state index in [0.717, 1.165) is 68.7 Å². The second-order valence-corrected chi connectivity index (χ2v) is 9.99. The highest BCUT2D eigenvalue weighted by atomic mass is 16.2. The topological polar surface area (TPSA) is 97.7 Å². The Morgan fingerprint density at radius 3 is 2.78 bits per heavy atom. The molecule has 1 aromatic carbocycles. The van der Waals surface area contributed by atoms with E-state index in [0.29, 0.717) is 11.8 Å². The Kier molecular flexibility index (Phi) is 7.24. The van der Waals surface area contributed by atoms with Crippen LogP contribution in [-0.2, 0) is 6.54 Å². The fraction of sp³-hybridized carbons (Fsp3) is 0.379. The molecule has 1 aliphatic heterocycles. The quantitative estimate of drug-likeness (QED) is 0.485. The normalized spacial score (nSPS) is 18.9. The molecule has 5 rings (SSSR count). The molecule has 2 aliphatic rings. The Bertz CT molecular complexity index is 1280. The first-order chi connectivity index (χ1) is 17.6. The summed E-state index contributed by atoms with van der Waals surface area (Å²) in [5.41, 5.74) is 5.87. The van der Waals surface area contributed by atoms with Crippen LogP contribution in [0, 0.1) is 17.2 Å². The van der Waals surface area contributed by atoms with Crippen LogP contribution in [0.3, 0.4) is 0 Å². The predicted octanol–water partition coefficient (Wildman–Crippen LogP) is 5.51. The summed E-state index contributed by atoms with van der Waals surface area (Å²) >= 11 is 0. The van der Waals surface area contributed by atoms with Gasteiger partial charge in [0.1, 0.15) is 6.07 Å². The summed E-state index contributed by atoms with van der Waals surface area (Å²) in [6.07, 6.45) is 11.1. The molecule has 7 nitrogen and oxygen atoms in total. The molecule has 1 amide bonds. The van der Waals surface area contributed by atoms with Gasteiger partial charge in [0.15, 0.2) is 11.5 Å². The van der Waals surface area contributed by atoms with Gasteiger partial charge in [0.25, 0.3) is 5.91 Å². The lowest BCUT2D eigenvalue weighted by Crippen LogP contribution is -2.32. The minimum absolute atomic E-state index is 0.146. The standard InChI is InChI=1S/C29H32N6O/c1-20-5-7-22(8-6-20)26-16-23(9-10-27(26)34-29(36)28-32-18-25(17-30)33-28)21-11-14-35(15-12-21)19-24-4-2-3-13-31-24/h2-4,7,9-10,13,16,18,20-21H,5-6,8,11-12,14-15,19H2,1H3,(H,32,33)(H,34,36)/t20-/m1/s1. The van der Waals surface area contributed by atoms with E-state index in [1.165, 1.54) is 17.3 Å². The number of carbonyl (C=O) groups excluding carboxylic acids is 1. The number of imidazole rings is 1. The third kappa shape index (κ3) is 5.55. The first-order valence-electron chi connectivity index (χ1n) is 12.8. The van der Waals surface area contributed by atoms with Crippen molar-refractivity contribution in [1.29, 1.82) is 5.26 Å². The highest BCUT2D eigenvalue weighted by molar-refractivity contribution is 6.03. The van der Waals surface area contributed by atoms with Gasteiger partial charge in [-0.25, -0.2) is 4.98 Å². The van der Waals surface area contributed by atoms with E-state index in [4.69, 9.17) is 5.26 Å². The minimum Gasteiger partial charge on any atom is -0.339 e. The van der Waals surface area contributed by atoms with Crippen molar-refractivity contribution in [3.63, 3.8) is 0 Å². The summed E-state index contributed by atoms with van der Waals surface area (Å²) in [6.45, 7) is 5.29. The smallest absolute Gasteiger partial charge is 0.291 e. The van der Waals surface area contributed by atoms with Crippen LogP contribution in [0.5, 0.6) is 0 Å². The number of aromatic nitrogens is 3. The molecule has 7 heteroatoms. The Morgan fingerprint density at radius 2 is 2.08 bits per heavy atom. The second kappa shape index (κ2) is 10.9. The van der Waals surface area contributed by atoms with Gasteiger partial charge in [0.2, 0.25) is 0 Å². The molecule has 3 heterocycles. The van der Waals surface area contributed by atoms with Gasteiger partial charge in [0.05, 0.1) is 5.69 Å². The fourth-order valence-corrected chi connectivity index (χ4v) is 5.22. The van der Waals surface area contributed by atoms with Crippen molar-refractivity contribution in [1.82, 2.24) is 19.9 Å². The number of H-pyrrole nitrogens is 1. The number of likely N-dealkylation sites (tertiary alicyclic amines) is 1. The number of anilines is 1. The number of pyridine rings is 1. The van der Waals surface area contributed by atoms with Gasteiger partial charge in [-0.15, -0.1) is 0 Å². The molecule has 1 aliphatic carbocycles. The number of hydrogen-bond donors (Lipinski definition) is 2.